The number of carboxylic acids is 1. The van der Waals surface area contributed by atoms with Gasteiger partial charge in [0.25, 0.3) is 0 Å². The lowest BCUT2D eigenvalue weighted by atomic mass is 10.0. The van der Waals surface area contributed by atoms with E-state index in [2.05, 4.69) is 6.92 Å². The smallest absolute Gasteiger partial charge is 0.320 e. The van der Waals surface area contributed by atoms with E-state index >= 15 is 0 Å². The normalized spacial score (nSPS) is 13.2. The number of ether oxygens (including phenoxy) is 1. The monoisotopic (exact) mass is 244 g/mol. The largest absolute Gasteiger partial charge is 0.481 e. The highest BCUT2D eigenvalue weighted by molar-refractivity contribution is 5.94. The van der Waals surface area contributed by atoms with Crippen molar-refractivity contribution in [1.29, 1.82) is 0 Å². The first-order valence-corrected chi connectivity index (χ1v) is 6.23. The Balaban J connectivity index is 4.23. The summed E-state index contributed by atoms with van der Waals surface area (Å²) in [4.78, 5) is 22.7. The van der Waals surface area contributed by atoms with Gasteiger partial charge in [0.2, 0.25) is 0 Å². The molecule has 0 saturated carbocycles. The van der Waals surface area contributed by atoms with Crippen LogP contribution in [0.5, 0.6) is 0 Å². The predicted molar refractivity (Wildman–Crippen MR) is 65.7 cm³/mol. The van der Waals surface area contributed by atoms with Gasteiger partial charge < -0.3 is 9.84 Å². The summed E-state index contributed by atoms with van der Waals surface area (Å²) in [6.07, 6.45) is 4.24. The van der Waals surface area contributed by atoms with Gasteiger partial charge in [0, 0.05) is 0 Å². The van der Waals surface area contributed by atoms with Crippen molar-refractivity contribution in [2.75, 3.05) is 0 Å². The number of unbranched alkanes of at least 4 members (excludes halogenated alkanes) is 3. The first-order valence-electron chi connectivity index (χ1n) is 6.23. The van der Waals surface area contributed by atoms with E-state index in [4.69, 9.17) is 9.84 Å². The summed E-state index contributed by atoms with van der Waals surface area (Å²) in [7, 11) is 0. The van der Waals surface area contributed by atoms with Crippen LogP contribution in [0.4, 0.5) is 0 Å². The average molecular weight is 244 g/mol. The van der Waals surface area contributed by atoms with E-state index in [1.807, 2.05) is 0 Å². The van der Waals surface area contributed by atoms with E-state index in [1.165, 1.54) is 0 Å². The second-order valence-corrected chi connectivity index (χ2v) is 5.27. The molecule has 0 fully saturated rings. The molecule has 0 aromatic carbocycles. The predicted octanol–water partition coefficient (Wildman–Crippen LogP) is 3.00. The van der Waals surface area contributed by atoms with Gasteiger partial charge in [-0.15, -0.1) is 0 Å². The summed E-state index contributed by atoms with van der Waals surface area (Å²) >= 11 is 0. The summed E-state index contributed by atoms with van der Waals surface area (Å²) in [6, 6.07) is 0. The fourth-order valence-electron chi connectivity index (χ4n) is 1.49. The van der Waals surface area contributed by atoms with Crippen LogP contribution in [0.2, 0.25) is 0 Å². The molecule has 0 aromatic rings. The maximum absolute atomic E-state index is 11.7. The first kappa shape index (κ1) is 15.9. The molecule has 0 aliphatic rings. The third-order valence-electron chi connectivity index (χ3n) is 2.34. The third kappa shape index (κ3) is 7.77. The molecule has 4 nitrogen and oxygen atoms in total. The lowest BCUT2D eigenvalue weighted by molar-refractivity contribution is -0.167. The third-order valence-corrected chi connectivity index (χ3v) is 2.34. The second-order valence-electron chi connectivity index (χ2n) is 5.27. The van der Waals surface area contributed by atoms with Crippen LogP contribution in [0.15, 0.2) is 0 Å². The molecule has 1 atom stereocenters. The van der Waals surface area contributed by atoms with Crippen molar-refractivity contribution in [2.45, 2.75) is 65.4 Å². The van der Waals surface area contributed by atoms with E-state index in [0.717, 1.165) is 25.7 Å². The summed E-state index contributed by atoms with van der Waals surface area (Å²) in [6.45, 7) is 7.30. The number of hydrogen-bond donors (Lipinski definition) is 1. The molecule has 0 saturated heterocycles. The Morgan fingerprint density at radius 2 is 1.76 bits per heavy atom. The maximum Gasteiger partial charge on any atom is 0.320 e. The van der Waals surface area contributed by atoms with Crippen molar-refractivity contribution in [1.82, 2.24) is 0 Å². The van der Waals surface area contributed by atoms with Crippen LogP contribution in [-0.4, -0.2) is 22.6 Å². The van der Waals surface area contributed by atoms with E-state index in [-0.39, 0.29) is 0 Å². The molecule has 4 heteroatoms. The SMILES string of the molecule is CCCCCC[C@H](C(=O)O)C(=O)OC(C)(C)C. The van der Waals surface area contributed by atoms with Crippen molar-refractivity contribution in [3.63, 3.8) is 0 Å². The molecule has 0 bridgehead atoms. The van der Waals surface area contributed by atoms with Gasteiger partial charge in [0.05, 0.1) is 0 Å². The highest BCUT2D eigenvalue weighted by atomic mass is 16.6. The number of carboxylic acid groups (broad SMARTS) is 1. The lowest BCUT2D eigenvalue weighted by Gasteiger charge is -2.22. The number of hydrogen-bond acceptors (Lipinski definition) is 3. The van der Waals surface area contributed by atoms with E-state index in [0.29, 0.717) is 6.42 Å². The Bertz CT molecular complexity index is 253. The van der Waals surface area contributed by atoms with Crippen LogP contribution in [0.1, 0.15) is 59.8 Å². The lowest BCUT2D eigenvalue weighted by Crippen LogP contribution is -2.32. The Morgan fingerprint density at radius 3 is 2.18 bits per heavy atom. The van der Waals surface area contributed by atoms with Crippen molar-refractivity contribution < 1.29 is 19.4 Å². The van der Waals surface area contributed by atoms with E-state index < -0.39 is 23.5 Å². The van der Waals surface area contributed by atoms with Crippen molar-refractivity contribution >= 4 is 11.9 Å². The van der Waals surface area contributed by atoms with Crippen LogP contribution in [0.3, 0.4) is 0 Å². The Labute approximate surface area is 103 Å². The van der Waals surface area contributed by atoms with Gasteiger partial charge in [-0.1, -0.05) is 32.6 Å². The van der Waals surface area contributed by atoms with Gasteiger partial charge >= 0.3 is 11.9 Å². The molecule has 0 radical (unpaired) electrons. The Morgan fingerprint density at radius 1 is 1.18 bits per heavy atom. The molecule has 100 valence electrons. The van der Waals surface area contributed by atoms with Gasteiger partial charge in [0.15, 0.2) is 5.92 Å². The standard InChI is InChI=1S/C13H24O4/c1-5-6-7-8-9-10(11(14)15)12(16)17-13(2,3)4/h10H,5-9H2,1-4H3,(H,14,15)/t10-/m1/s1. The van der Waals surface area contributed by atoms with Crippen molar-refractivity contribution in [3.8, 4) is 0 Å². The molecule has 0 unspecified atom stereocenters. The quantitative estimate of drug-likeness (QED) is 0.425. The van der Waals surface area contributed by atoms with Gasteiger partial charge in [-0.2, -0.15) is 0 Å². The highest BCUT2D eigenvalue weighted by Crippen LogP contribution is 2.17. The fraction of sp³-hybridized carbons (Fsp3) is 0.846. The van der Waals surface area contributed by atoms with Crippen molar-refractivity contribution in [2.24, 2.45) is 5.92 Å². The van der Waals surface area contributed by atoms with Gasteiger partial charge in [0.1, 0.15) is 5.60 Å². The Hall–Kier alpha value is -1.06. The summed E-state index contributed by atoms with van der Waals surface area (Å²) in [5.41, 5.74) is -0.631. The van der Waals surface area contributed by atoms with E-state index in [9.17, 15) is 9.59 Å². The van der Waals surface area contributed by atoms with Crippen LogP contribution in [0, 0.1) is 5.92 Å². The van der Waals surface area contributed by atoms with Crippen LogP contribution >= 0.6 is 0 Å². The van der Waals surface area contributed by atoms with Gasteiger partial charge in [-0.05, 0) is 27.2 Å². The zero-order chi connectivity index (χ0) is 13.5. The number of esters is 1. The molecular weight excluding hydrogens is 220 g/mol. The number of carbonyl (C=O) groups excluding carboxylic acids is 1. The highest BCUT2D eigenvalue weighted by Gasteiger charge is 2.30. The molecule has 0 aliphatic carbocycles. The molecule has 0 aliphatic heterocycles. The van der Waals surface area contributed by atoms with E-state index in [1.54, 1.807) is 20.8 Å². The Kier molecular flexibility index (Phi) is 6.85. The topological polar surface area (TPSA) is 63.6 Å². The van der Waals surface area contributed by atoms with Crippen LogP contribution < -0.4 is 0 Å². The molecule has 0 amide bonds. The minimum atomic E-state index is -1.09. The molecular formula is C13H24O4. The average Bonchev–Trinajstić information content (AvgIpc) is 2.14. The first-order chi connectivity index (χ1) is 7.78. The minimum Gasteiger partial charge on any atom is -0.481 e. The van der Waals surface area contributed by atoms with Gasteiger partial charge in [-0.25, -0.2) is 0 Å². The number of carbonyl (C=O) groups is 2. The molecule has 0 spiro atoms. The summed E-state index contributed by atoms with van der Waals surface area (Å²) in [5.74, 6) is -2.73. The zero-order valence-corrected chi connectivity index (χ0v) is 11.3. The second kappa shape index (κ2) is 7.30. The molecule has 0 heterocycles. The minimum absolute atomic E-state index is 0.365. The molecule has 17 heavy (non-hydrogen) atoms. The van der Waals surface area contributed by atoms with Crippen LogP contribution in [-0.2, 0) is 14.3 Å². The number of rotatable bonds is 7. The van der Waals surface area contributed by atoms with Gasteiger partial charge in [-0.3, -0.25) is 9.59 Å². The fourth-order valence-corrected chi connectivity index (χ4v) is 1.49. The van der Waals surface area contributed by atoms with Crippen molar-refractivity contribution in [3.05, 3.63) is 0 Å². The summed E-state index contributed by atoms with van der Waals surface area (Å²) in [5, 5.41) is 9.00. The van der Waals surface area contributed by atoms with Crippen LogP contribution in [0.25, 0.3) is 0 Å². The molecule has 0 rings (SSSR count). The maximum atomic E-state index is 11.7. The summed E-state index contributed by atoms with van der Waals surface area (Å²) < 4.78 is 5.10. The molecule has 0 aromatic heterocycles. The number of aliphatic carboxylic acids is 1. The molecule has 1 N–H and O–H groups in total. The zero-order valence-electron chi connectivity index (χ0n) is 11.3.